The van der Waals surface area contributed by atoms with Crippen LogP contribution in [0, 0.1) is 0 Å². The molecule has 0 aliphatic carbocycles. The van der Waals surface area contributed by atoms with Crippen molar-refractivity contribution in [2.24, 2.45) is 0 Å². The molecular weight excluding hydrogens is 306 g/mol. The number of ether oxygens (including phenoxy) is 1. The Morgan fingerprint density at radius 1 is 1.04 bits per heavy atom. The van der Waals surface area contributed by atoms with Crippen LogP contribution in [0.3, 0.4) is 0 Å². The van der Waals surface area contributed by atoms with E-state index in [4.69, 9.17) is 13.6 Å². The number of furan rings is 2. The molecule has 0 saturated heterocycles. The Kier molecular flexibility index (Phi) is 5.01. The Bertz CT molecular complexity index is 711. The van der Waals surface area contributed by atoms with Crippen molar-refractivity contribution in [3.8, 4) is 5.75 Å². The zero-order valence-electron chi connectivity index (χ0n) is 13.4. The third kappa shape index (κ3) is 3.68. The van der Waals surface area contributed by atoms with E-state index in [9.17, 15) is 4.79 Å². The van der Waals surface area contributed by atoms with Gasteiger partial charge in [-0.3, -0.25) is 4.79 Å². The second kappa shape index (κ2) is 7.55. The van der Waals surface area contributed by atoms with Crippen molar-refractivity contribution in [2.45, 2.75) is 12.8 Å². The summed E-state index contributed by atoms with van der Waals surface area (Å²) in [5.74, 6) is 1.93. The van der Waals surface area contributed by atoms with E-state index in [0.29, 0.717) is 18.7 Å². The van der Waals surface area contributed by atoms with Crippen LogP contribution in [0.5, 0.6) is 5.75 Å². The molecule has 0 aliphatic rings. The zero-order valence-corrected chi connectivity index (χ0v) is 13.4. The average Bonchev–Trinajstić information content (AvgIpc) is 3.30. The van der Waals surface area contributed by atoms with E-state index >= 15 is 0 Å². The van der Waals surface area contributed by atoms with Gasteiger partial charge in [-0.15, -0.1) is 0 Å². The first-order valence-corrected chi connectivity index (χ1v) is 7.85. The molecular formula is C19H19NO4. The van der Waals surface area contributed by atoms with Crippen molar-refractivity contribution < 1.29 is 18.4 Å². The molecule has 124 valence electrons. The van der Waals surface area contributed by atoms with Crippen molar-refractivity contribution in [3.05, 3.63) is 78.1 Å². The number of nitrogens with one attached hydrogen (secondary N) is 1. The third-order valence-electron chi connectivity index (χ3n) is 3.67. The van der Waals surface area contributed by atoms with Crippen LogP contribution in [0.4, 0.5) is 0 Å². The van der Waals surface area contributed by atoms with E-state index in [1.807, 2.05) is 31.2 Å². The van der Waals surface area contributed by atoms with Crippen LogP contribution in [-0.2, 0) is 0 Å². The van der Waals surface area contributed by atoms with Gasteiger partial charge in [-0.05, 0) is 55.5 Å². The molecule has 2 aromatic heterocycles. The molecule has 1 aromatic carbocycles. The Balaban J connectivity index is 1.67. The predicted octanol–water partition coefficient (Wildman–Crippen LogP) is 3.83. The lowest BCUT2D eigenvalue weighted by Crippen LogP contribution is -2.28. The first kappa shape index (κ1) is 15.9. The molecule has 0 bridgehead atoms. The quantitative estimate of drug-likeness (QED) is 0.717. The van der Waals surface area contributed by atoms with Gasteiger partial charge >= 0.3 is 0 Å². The van der Waals surface area contributed by atoms with Crippen molar-refractivity contribution in [1.29, 1.82) is 0 Å². The van der Waals surface area contributed by atoms with Gasteiger partial charge in [-0.25, -0.2) is 0 Å². The fraction of sp³-hybridized carbons (Fsp3) is 0.211. The first-order chi connectivity index (χ1) is 11.8. The molecule has 0 unspecified atom stereocenters. The summed E-state index contributed by atoms with van der Waals surface area (Å²) in [6.07, 6.45) is 3.22. The second-order valence-electron chi connectivity index (χ2n) is 5.25. The predicted molar refractivity (Wildman–Crippen MR) is 89.2 cm³/mol. The van der Waals surface area contributed by atoms with Crippen LogP contribution in [0.1, 0.15) is 34.7 Å². The summed E-state index contributed by atoms with van der Waals surface area (Å²) in [5, 5.41) is 2.93. The van der Waals surface area contributed by atoms with Gasteiger partial charge in [0.2, 0.25) is 0 Å². The highest BCUT2D eigenvalue weighted by Crippen LogP contribution is 2.25. The van der Waals surface area contributed by atoms with Gasteiger partial charge in [0.1, 0.15) is 17.3 Å². The Labute approximate surface area is 140 Å². The van der Waals surface area contributed by atoms with Gasteiger partial charge in [-0.1, -0.05) is 0 Å². The van der Waals surface area contributed by atoms with Crippen molar-refractivity contribution in [3.63, 3.8) is 0 Å². The van der Waals surface area contributed by atoms with E-state index in [2.05, 4.69) is 5.32 Å². The van der Waals surface area contributed by atoms with Crippen molar-refractivity contribution in [2.75, 3.05) is 13.2 Å². The van der Waals surface area contributed by atoms with Crippen LogP contribution < -0.4 is 10.1 Å². The molecule has 0 radical (unpaired) electrons. The topological polar surface area (TPSA) is 64.6 Å². The standard InChI is InChI=1S/C19H19NO4/c1-2-22-15-9-7-14(8-10-15)19(21)20-13-16(17-5-3-11-23-17)18-6-4-12-24-18/h3-12,16H,2,13H2,1H3,(H,20,21). The van der Waals surface area contributed by atoms with Crippen LogP contribution >= 0.6 is 0 Å². The molecule has 1 amide bonds. The minimum Gasteiger partial charge on any atom is -0.494 e. The molecule has 24 heavy (non-hydrogen) atoms. The zero-order chi connectivity index (χ0) is 16.8. The summed E-state index contributed by atoms with van der Waals surface area (Å²) in [6.45, 7) is 2.90. The number of hydrogen-bond donors (Lipinski definition) is 1. The summed E-state index contributed by atoms with van der Waals surface area (Å²) < 4.78 is 16.3. The second-order valence-corrected chi connectivity index (χ2v) is 5.25. The Morgan fingerprint density at radius 3 is 2.17 bits per heavy atom. The SMILES string of the molecule is CCOc1ccc(C(=O)NCC(c2ccco2)c2ccco2)cc1. The molecule has 0 fully saturated rings. The number of benzene rings is 1. The number of carbonyl (C=O) groups is 1. The maximum absolute atomic E-state index is 12.3. The van der Waals surface area contributed by atoms with Crippen LogP contribution in [0.25, 0.3) is 0 Å². The molecule has 2 heterocycles. The lowest BCUT2D eigenvalue weighted by Gasteiger charge is -2.13. The van der Waals surface area contributed by atoms with Crippen LogP contribution in [-0.4, -0.2) is 19.1 Å². The fourth-order valence-corrected chi connectivity index (χ4v) is 2.49. The largest absolute Gasteiger partial charge is 0.494 e. The van der Waals surface area contributed by atoms with E-state index in [1.54, 1.807) is 36.8 Å². The molecule has 0 atom stereocenters. The summed E-state index contributed by atoms with van der Waals surface area (Å²) in [5.41, 5.74) is 0.580. The van der Waals surface area contributed by atoms with Gasteiger partial charge in [0.05, 0.1) is 25.1 Å². The molecule has 0 saturated carbocycles. The van der Waals surface area contributed by atoms with Crippen molar-refractivity contribution >= 4 is 5.91 Å². The summed E-state index contributed by atoms with van der Waals surface area (Å²) in [7, 11) is 0. The molecule has 1 N–H and O–H groups in total. The minimum atomic E-state index is -0.165. The monoisotopic (exact) mass is 325 g/mol. The smallest absolute Gasteiger partial charge is 0.251 e. The highest BCUT2D eigenvalue weighted by atomic mass is 16.5. The molecule has 0 spiro atoms. The first-order valence-electron chi connectivity index (χ1n) is 7.85. The maximum atomic E-state index is 12.3. The van der Waals surface area contributed by atoms with E-state index in [1.165, 1.54) is 0 Å². The van der Waals surface area contributed by atoms with Gasteiger partial charge in [0.25, 0.3) is 5.91 Å². The van der Waals surface area contributed by atoms with Gasteiger partial charge < -0.3 is 18.9 Å². The third-order valence-corrected chi connectivity index (χ3v) is 3.67. The summed E-state index contributed by atoms with van der Waals surface area (Å²) in [6, 6.07) is 14.4. The van der Waals surface area contributed by atoms with Gasteiger partial charge in [0.15, 0.2) is 0 Å². The van der Waals surface area contributed by atoms with E-state index in [-0.39, 0.29) is 11.8 Å². The number of amides is 1. The lowest BCUT2D eigenvalue weighted by molar-refractivity contribution is 0.0951. The molecule has 3 rings (SSSR count). The van der Waals surface area contributed by atoms with Gasteiger partial charge in [0, 0.05) is 12.1 Å². The van der Waals surface area contributed by atoms with Crippen molar-refractivity contribution in [1.82, 2.24) is 5.32 Å². The minimum absolute atomic E-state index is 0.152. The Morgan fingerprint density at radius 2 is 1.67 bits per heavy atom. The fourth-order valence-electron chi connectivity index (χ4n) is 2.49. The summed E-state index contributed by atoms with van der Waals surface area (Å²) >= 11 is 0. The van der Waals surface area contributed by atoms with Crippen LogP contribution in [0.2, 0.25) is 0 Å². The molecule has 3 aromatic rings. The maximum Gasteiger partial charge on any atom is 0.251 e. The van der Waals surface area contributed by atoms with E-state index < -0.39 is 0 Å². The normalized spacial score (nSPS) is 10.8. The highest BCUT2D eigenvalue weighted by Gasteiger charge is 2.20. The lowest BCUT2D eigenvalue weighted by atomic mass is 10.0. The highest BCUT2D eigenvalue weighted by molar-refractivity contribution is 5.94. The average molecular weight is 325 g/mol. The number of carbonyl (C=O) groups excluding carboxylic acids is 1. The molecule has 5 heteroatoms. The Hall–Kier alpha value is -2.95. The van der Waals surface area contributed by atoms with Crippen LogP contribution in [0.15, 0.2) is 69.9 Å². The number of hydrogen-bond acceptors (Lipinski definition) is 4. The van der Waals surface area contributed by atoms with E-state index in [0.717, 1.165) is 17.3 Å². The van der Waals surface area contributed by atoms with Gasteiger partial charge in [-0.2, -0.15) is 0 Å². The summed E-state index contributed by atoms with van der Waals surface area (Å²) in [4.78, 5) is 12.3. The molecule has 5 nitrogen and oxygen atoms in total. The molecule has 0 aliphatic heterocycles. The number of rotatable bonds is 7.